The van der Waals surface area contributed by atoms with E-state index in [0.29, 0.717) is 10.6 Å². The zero-order valence-corrected chi connectivity index (χ0v) is 19.5. The molecule has 4 nitrogen and oxygen atoms in total. The number of aryl methyl sites for hydroxylation is 1. The zero-order chi connectivity index (χ0) is 25.0. The number of benzene rings is 2. The van der Waals surface area contributed by atoms with Crippen LogP contribution in [0.2, 0.25) is 5.02 Å². The van der Waals surface area contributed by atoms with E-state index in [-0.39, 0.29) is 24.1 Å². The van der Waals surface area contributed by atoms with Gasteiger partial charge in [0, 0.05) is 11.4 Å². The molecule has 1 N–H and O–H groups in total. The van der Waals surface area contributed by atoms with Crippen molar-refractivity contribution in [1.29, 1.82) is 0 Å². The summed E-state index contributed by atoms with van der Waals surface area (Å²) in [5.74, 6) is -5.91. The Kier molecular flexibility index (Phi) is 8.52. The SMILES string of the molecule is CC(C(C(=O)Nc1cc(CCC(=O)OC(C)(C)C)ccc1F)c1ccc(Cl)cc1)C(F)(F)F. The predicted octanol–water partition coefficient (Wildman–Crippen LogP) is 6.67. The first-order valence-corrected chi connectivity index (χ1v) is 10.7. The highest BCUT2D eigenvalue weighted by molar-refractivity contribution is 6.30. The van der Waals surface area contributed by atoms with E-state index in [9.17, 15) is 27.2 Å². The van der Waals surface area contributed by atoms with Crippen molar-refractivity contribution in [2.24, 2.45) is 5.92 Å². The normalized spacial score (nSPS) is 13.8. The molecule has 0 saturated heterocycles. The Balaban J connectivity index is 2.23. The minimum Gasteiger partial charge on any atom is -0.460 e. The van der Waals surface area contributed by atoms with Gasteiger partial charge in [0.25, 0.3) is 0 Å². The number of amides is 1. The molecule has 1 amide bonds. The third-order valence-electron chi connectivity index (χ3n) is 4.85. The van der Waals surface area contributed by atoms with Crippen molar-refractivity contribution in [2.45, 2.75) is 58.2 Å². The number of hydrogen-bond acceptors (Lipinski definition) is 3. The molecule has 180 valence electrons. The lowest BCUT2D eigenvalue weighted by molar-refractivity contribution is -0.178. The van der Waals surface area contributed by atoms with E-state index < -0.39 is 41.3 Å². The van der Waals surface area contributed by atoms with Crippen LogP contribution in [0.5, 0.6) is 0 Å². The summed E-state index contributed by atoms with van der Waals surface area (Å²) in [6.45, 7) is 6.09. The molecule has 2 rings (SSSR count). The third-order valence-corrected chi connectivity index (χ3v) is 5.11. The fourth-order valence-electron chi connectivity index (χ4n) is 3.20. The van der Waals surface area contributed by atoms with Crippen molar-refractivity contribution < 1.29 is 31.9 Å². The van der Waals surface area contributed by atoms with Crippen LogP contribution in [0.15, 0.2) is 42.5 Å². The van der Waals surface area contributed by atoms with Crippen LogP contribution in [-0.2, 0) is 20.7 Å². The molecule has 2 atom stereocenters. The van der Waals surface area contributed by atoms with E-state index in [4.69, 9.17) is 16.3 Å². The molecule has 0 fully saturated rings. The second-order valence-electron chi connectivity index (χ2n) is 8.75. The summed E-state index contributed by atoms with van der Waals surface area (Å²) in [4.78, 5) is 24.8. The summed E-state index contributed by atoms with van der Waals surface area (Å²) in [7, 11) is 0. The predicted molar refractivity (Wildman–Crippen MR) is 119 cm³/mol. The van der Waals surface area contributed by atoms with Crippen LogP contribution >= 0.6 is 11.6 Å². The Hall–Kier alpha value is -2.61. The summed E-state index contributed by atoms with van der Waals surface area (Å²) >= 11 is 5.82. The van der Waals surface area contributed by atoms with Gasteiger partial charge in [-0.15, -0.1) is 0 Å². The van der Waals surface area contributed by atoms with E-state index >= 15 is 0 Å². The van der Waals surface area contributed by atoms with E-state index in [1.807, 2.05) is 0 Å². The maximum atomic E-state index is 14.4. The number of esters is 1. The first-order valence-electron chi connectivity index (χ1n) is 10.3. The van der Waals surface area contributed by atoms with Crippen LogP contribution in [-0.4, -0.2) is 23.7 Å². The van der Waals surface area contributed by atoms with Crippen LogP contribution in [0.3, 0.4) is 0 Å². The van der Waals surface area contributed by atoms with Crippen molar-refractivity contribution in [3.63, 3.8) is 0 Å². The molecular formula is C24H26ClF4NO3. The monoisotopic (exact) mass is 487 g/mol. The maximum absolute atomic E-state index is 14.4. The molecule has 2 unspecified atom stereocenters. The largest absolute Gasteiger partial charge is 0.460 e. The van der Waals surface area contributed by atoms with Gasteiger partial charge in [-0.3, -0.25) is 9.59 Å². The number of rotatable bonds is 7. The Morgan fingerprint density at radius 2 is 1.67 bits per heavy atom. The molecule has 0 heterocycles. The van der Waals surface area contributed by atoms with E-state index in [0.717, 1.165) is 13.0 Å². The minimum atomic E-state index is -4.66. The summed E-state index contributed by atoms with van der Waals surface area (Å²) in [6, 6.07) is 9.27. The first kappa shape index (κ1) is 26.6. The number of carbonyl (C=O) groups is 2. The number of anilines is 1. The highest BCUT2D eigenvalue weighted by Crippen LogP contribution is 2.38. The minimum absolute atomic E-state index is 0.0226. The quantitative estimate of drug-likeness (QED) is 0.350. The molecular weight excluding hydrogens is 462 g/mol. The fraction of sp³-hybridized carbons (Fsp3) is 0.417. The Labute approximate surface area is 195 Å². The number of carbonyl (C=O) groups excluding carboxylic acids is 2. The highest BCUT2D eigenvalue weighted by Gasteiger charge is 2.45. The van der Waals surface area contributed by atoms with Gasteiger partial charge in [0.1, 0.15) is 11.4 Å². The average Bonchev–Trinajstić information content (AvgIpc) is 2.68. The third kappa shape index (κ3) is 8.03. The molecule has 0 radical (unpaired) electrons. The lowest BCUT2D eigenvalue weighted by Gasteiger charge is -2.26. The number of hydrogen-bond donors (Lipinski definition) is 1. The molecule has 0 aliphatic carbocycles. The molecule has 2 aromatic carbocycles. The van der Waals surface area contributed by atoms with Crippen LogP contribution in [0, 0.1) is 11.7 Å². The molecule has 0 aliphatic rings. The maximum Gasteiger partial charge on any atom is 0.392 e. The molecule has 9 heteroatoms. The summed E-state index contributed by atoms with van der Waals surface area (Å²) in [5, 5.41) is 2.59. The first-order chi connectivity index (χ1) is 15.2. The molecule has 2 aromatic rings. The van der Waals surface area contributed by atoms with Gasteiger partial charge in [-0.25, -0.2) is 4.39 Å². The standard InChI is InChI=1S/C24H26ClF4NO3/c1-14(24(27,28)29)21(16-7-9-17(25)10-8-16)22(32)30-19-13-15(5-11-18(19)26)6-12-20(31)33-23(2,3)4/h5,7-11,13-14,21H,6,12H2,1-4H3,(H,30,32). The number of nitrogens with one attached hydrogen (secondary N) is 1. The van der Waals surface area contributed by atoms with Crippen LogP contribution < -0.4 is 5.32 Å². The summed E-state index contributed by atoms with van der Waals surface area (Å²) in [5.41, 5.74) is -0.298. The van der Waals surface area contributed by atoms with Crippen molar-refractivity contribution in [3.8, 4) is 0 Å². The van der Waals surface area contributed by atoms with Gasteiger partial charge in [-0.2, -0.15) is 13.2 Å². The lowest BCUT2D eigenvalue weighted by Crippen LogP contribution is -2.34. The smallest absolute Gasteiger partial charge is 0.392 e. The number of ether oxygens (including phenoxy) is 1. The van der Waals surface area contributed by atoms with Crippen molar-refractivity contribution in [3.05, 3.63) is 64.4 Å². The average molecular weight is 488 g/mol. The van der Waals surface area contributed by atoms with Gasteiger partial charge < -0.3 is 10.1 Å². The molecule has 0 bridgehead atoms. The van der Waals surface area contributed by atoms with E-state index in [1.54, 1.807) is 20.8 Å². The Bertz CT molecular complexity index is 985. The second kappa shape index (κ2) is 10.5. The number of halogens is 5. The second-order valence-corrected chi connectivity index (χ2v) is 9.19. The lowest BCUT2D eigenvalue weighted by atomic mass is 9.86. The van der Waals surface area contributed by atoms with Crippen LogP contribution in [0.25, 0.3) is 0 Å². The van der Waals surface area contributed by atoms with Gasteiger partial charge in [0.05, 0.1) is 17.5 Å². The van der Waals surface area contributed by atoms with Gasteiger partial charge in [-0.05, 0) is 62.6 Å². The Morgan fingerprint density at radius 1 is 1.06 bits per heavy atom. The van der Waals surface area contributed by atoms with Gasteiger partial charge in [-0.1, -0.05) is 36.7 Å². The Morgan fingerprint density at radius 3 is 2.21 bits per heavy atom. The highest BCUT2D eigenvalue weighted by atomic mass is 35.5. The molecule has 0 saturated carbocycles. The van der Waals surface area contributed by atoms with E-state index in [2.05, 4.69) is 5.32 Å². The van der Waals surface area contributed by atoms with E-state index in [1.165, 1.54) is 36.4 Å². The van der Waals surface area contributed by atoms with Gasteiger partial charge in [0.2, 0.25) is 5.91 Å². The van der Waals surface area contributed by atoms with Crippen molar-refractivity contribution in [1.82, 2.24) is 0 Å². The zero-order valence-electron chi connectivity index (χ0n) is 18.7. The van der Waals surface area contributed by atoms with Gasteiger partial charge in [0.15, 0.2) is 0 Å². The van der Waals surface area contributed by atoms with Crippen LogP contribution in [0.4, 0.5) is 23.2 Å². The van der Waals surface area contributed by atoms with Crippen molar-refractivity contribution in [2.75, 3.05) is 5.32 Å². The van der Waals surface area contributed by atoms with Crippen LogP contribution in [0.1, 0.15) is 51.2 Å². The number of alkyl halides is 3. The summed E-state index contributed by atoms with van der Waals surface area (Å²) < 4.78 is 60.0. The van der Waals surface area contributed by atoms with Gasteiger partial charge >= 0.3 is 12.1 Å². The molecule has 0 aliphatic heterocycles. The molecule has 0 spiro atoms. The topological polar surface area (TPSA) is 55.4 Å². The fourth-order valence-corrected chi connectivity index (χ4v) is 3.33. The molecule has 33 heavy (non-hydrogen) atoms. The summed E-state index contributed by atoms with van der Waals surface area (Å²) in [6.07, 6.45) is -4.43. The van der Waals surface area contributed by atoms with Crippen molar-refractivity contribution >= 4 is 29.2 Å². The molecule has 0 aromatic heterocycles.